The molecule has 0 fully saturated rings. The van der Waals surface area contributed by atoms with Crippen LogP contribution in [-0.2, 0) is 6.42 Å². The smallest absolute Gasteiger partial charge is 0.404 e. The van der Waals surface area contributed by atoms with Gasteiger partial charge in [0.05, 0.1) is 6.26 Å². The van der Waals surface area contributed by atoms with Crippen molar-refractivity contribution in [3.8, 4) is 0 Å². The Kier molecular flexibility index (Phi) is 3.61. The molecule has 1 atom stereocenters. The number of hydrogen-bond donors (Lipinski definition) is 1. The summed E-state index contributed by atoms with van der Waals surface area (Å²) in [5, 5.41) is 3.29. The number of likely N-dealkylation sites (N-methyl/N-ethyl adjacent to an activating group) is 1. The van der Waals surface area contributed by atoms with Crippen molar-refractivity contribution in [2.75, 3.05) is 6.54 Å². The maximum atomic E-state index is 12.8. The van der Waals surface area contributed by atoms with Gasteiger partial charge in [-0.25, -0.2) is 0 Å². The molecular weight excluding hydrogens is 243 g/mol. The second-order valence-corrected chi connectivity index (χ2v) is 4.15. The van der Waals surface area contributed by atoms with E-state index in [0.717, 1.165) is 5.39 Å². The highest BCUT2D eigenvalue weighted by atomic mass is 19.4. The van der Waals surface area contributed by atoms with Gasteiger partial charge in [0.15, 0.2) is 0 Å². The summed E-state index contributed by atoms with van der Waals surface area (Å²) in [6, 6.07) is 5.34. The Morgan fingerprint density at radius 2 is 2.06 bits per heavy atom. The summed E-state index contributed by atoms with van der Waals surface area (Å²) in [5.74, 6) is 0. The second kappa shape index (κ2) is 5.02. The zero-order valence-corrected chi connectivity index (χ0v) is 9.92. The lowest BCUT2D eigenvalue weighted by molar-refractivity contribution is -0.155. The third-order valence-corrected chi connectivity index (χ3v) is 2.80. The molecule has 1 N–H and O–H groups in total. The minimum atomic E-state index is -4.23. The zero-order chi connectivity index (χ0) is 13.2. The third-order valence-electron chi connectivity index (χ3n) is 2.80. The first-order chi connectivity index (χ1) is 8.50. The lowest BCUT2D eigenvalue weighted by Crippen LogP contribution is -2.43. The summed E-state index contributed by atoms with van der Waals surface area (Å²) >= 11 is 0. The first-order valence-electron chi connectivity index (χ1n) is 5.77. The summed E-state index contributed by atoms with van der Waals surface area (Å²) in [6.45, 7) is 1.95. The monoisotopic (exact) mass is 257 g/mol. The van der Waals surface area contributed by atoms with E-state index < -0.39 is 12.2 Å². The Morgan fingerprint density at radius 3 is 2.72 bits per heavy atom. The fourth-order valence-corrected chi connectivity index (χ4v) is 1.93. The number of furan rings is 1. The van der Waals surface area contributed by atoms with Crippen LogP contribution < -0.4 is 5.32 Å². The predicted molar refractivity (Wildman–Crippen MR) is 63.4 cm³/mol. The molecule has 0 saturated heterocycles. The van der Waals surface area contributed by atoms with Crippen molar-refractivity contribution in [1.29, 1.82) is 0 Å². The summed E-state index contributed by atoms with van der Waals surface area (Å²) in [5.41, 5.74) is 1.33. The van der Waals surface area contributed by atoms with E-state index in [9.17, 15) is 13.2 Å². The van der Waals surface area contributed by atoms with Crippen molar-refractivity contribution in [1.82, 2.24) is 5.32 Å². The number of halogens is 3. The Balaban J connectivity index is 2.19. The van der Waals surface area contributed by atoms with Crippen LogP contribution in [-0.4, -0.2) is 18.8 Å². The highest BCUT2D eigenvalue weighted by molar-refractivity contribution is 5.77. The maximum absolute atomic E-state index is 12.8. The molecule has 1 aromatic heterocycles. The number of rotatable bonds is 4. The minimum Gasteiger partial charge on any atom is -0.464 e. The molecule has 0 aliphatic carbocycles. The van der Waals surface area contributed by atoms with Crippen LogP contribution in [0.3, 0.4) is 0 Å². The van der Waals surface area contributed by atoms with Crippen molar-refractivity contribution < 1.29 is 17.6 Å². The lowest BCUT2D eigenvalue weighted by atomic mass is 10.0. The standard InChI is InChI=1S/C13H14F3NO/c1-2-17-12(13(14,15)16)8-9-3-4-11-10(7-9)5-6-18-11/h3-7,12,17H,2,8H2,1H3. The number of benzene rings is 1. The van der Waals surface area contributed by atoms with Gasteiger partial charge in [0, 0.05) is 5.39 Å². The van der Waals surface area contributed by atoms with Crippen molar-refractivity contribution >= 4 is 11.0 Å². The lowest BCUT2D eigenvalue weighted by Gasteiger charge is -2.21. The van der Waals surface area contributed by atoms with Gasteiger partial charge in [0.2, 0.25) is 0 Å². The molecular formula is C13H14F3NO. The fourth-order valence-electron chi connectivity index (χ4n) is 1.93. The van der Waals surface area contributed by atoms with Crippen LogP contribution in [0.25, 0.3) is 11.0 Å². The molecule has 1 heterocycles. The summed E-state index contributed by atoms with van der Waals surface area (Å²) < 4.78 is 43.5. The average molecular weight is 257 g/mol. The van der Waals surface area contributed by atoms with E-state index in [1.165, 1.54) is 6.26 Å². The highest BCUT2D eigenvalue weighted by Gasteiger charge is 2.38. The molecule has 18 heavy (non-hydrogen) atoms. The van der Waals surface area contributed by atoms with E-state index in [2.05, 4.69) is 5.32 Å². The molecule has 0 radical (unpaired) electrons. The fraction of sp³-hybridized carbons (Fsp3) is 0.385. The van der Waals surface area contributed by atoms with Gasteiger partial charge < -0.3 is 9.73 Å². The average Bonchev–Trinajstić information content (AvgIpc) is 2.74. The number of alkyl halides is 3. The quantitative estimate of drug-likeness (QED) is 0.906. The van der Waals surface area contributed by atoms with E-state index in [1.807, 2.05) is 0 Å². The van der Waals surface area contributed by atoms with Crippen LogP contribution in [0.15, 0.2) is 34.9 Å². The van der Waals surface area contributed by atoms with Crippen LogP contribution in [0, 0.1) is 0 Å². The van der Waals surface area contributed by atoms with Gasteiger partial charge in [-0.3, -0.25) is 0 Å². The molecule has 2 nitrogen and oxygen atoms in total. The first-order valence-corrected chi connectivity index (χ1v) is 5.77. The molecule has 0 bridgehead atoms. The minimum absolute atomic E-state index is 0.0710. The molecule has 2 aromatic rings. The Morgan fingerprint density at radius 1 is 1.28 bits per heavy atom. The number of hydrogen-bond acceptors (Lipinski definition) is 2. The van der Waals surface area contributed by atoms with Crippen molar-refractivity contribution in [2.45, 2.75) is 25.6 Å². The van der Waals surface area contributed by atoms with Gasteiger partial charge >= 0.3 is 6.18 Å². The molecule has 0 spiro atoms. The molecule has 0 aliphatic heterocycles. The first kappa shape index (κ1) is 13.0. The number of nitrogens with one attached hydrogen (secondary N) is 1. The van der Waals surface area contributed by atoms with Gasteiger partial charge in [-0.15, -0.1) is 0 Å². The van der Waals surface area contributed by atoms with Crippen LogP contribution in [0.5, 0.6) is 0 Å². The topological polar surface area (TPSA) is 25.2 Å². The SMILES string of the molecule is CCNC(Cc1ccc2occc2c1)C(F)(F)F. The molecule has 0 aliphatic rings. The summed E-state index contributed by atoms with van der Waals surface area (Å²) in [4.78, 5) is 0. The molecule has 98 valence electrons. The summed E-state index contributed by atoms with van der Waals surface area (Å²) in [7, 11) is 0. The van der Waals surface area contributed by atoms with Gasteiger partial charge in [0.1, 0.15) is 11.6 Å². The van der Waals surface area contributed by atoms with Crippen LogP contribution in [0.4, 0.5) is 13.2 Å². The van der Waals surface area contributed by atoms with Gasteiger partial charge in [0.25, 0.3) is 0 Å². The Labute approximate surface area is 103 Å². The van der Waals surface area contributed by atoms with Gasteiger partial charge in [-0.2, -0.15) is 13.2 Å². The largest absolute Gasteiger partial charge is 0.464 e. The van der Waals surface area contributed by atoms with E-state index in [4.69, 9.17) is 4.42 Å². The molecule has 0 amide bonds. The van der Waals surface area contributed by atoms with Crippen LogP contribution >= 0.6 is 0 Å². The molecule has 5 heteroatoms. The van der Waals surface area contributed by atoms with E-state index >= 15 is 0 Å². The molecule has 1 aromatic carbocycles. The molecule has 1 unspecified atom stereocenters. The van der Waals surface area contributed by atoms with E-state index in [1.54, 1.807) is 31.2 Å². The second-order valence-electron chi connectivity index (χ2n) is 4.15. The summed E-state index contributed by atoms with van der Waals surface area (Å²) in [6.07, 6.45) is -2.78. The molecule has 0 saturated carbocycles. The zero-order valence-electron chi connectivity index (χ0n) is 9.92. The Bertz CT molecular complexity index is 518. The Hall–Kier alpha value is -1.49. The maximum Gasteiger partial charge on any atom is 0.404 e. The predicted octanol–water partition coefficient (Wildman–Crippen LogP) is 3.52. The molecule has 2 rings (SSSR count). The van der Waals surface area contributed by atoms with Gasteiger partial charge in [-0.1, -0.05) is 13.0 Å². The van der Waals surface area contributed by atoms with E-state index in [0.29, 0.717) is 11.1 Å². The van der Waals surface area contributed by atoms with Crippen molar-refractivity contribution in [2.24, 2.45) is 0 Å². The van der Waals surface area contributed by atoms with Gasteiger partial charge in [-0.05, 0) is 36.7 Å². The van der Waals surface area contributed by atoms with E-state index in [-0.39, 0.29) is 13.0 Å². The number of fused-ring (bicyclic) bond motifs is 1. The highest BCUT2D eigenvalue weighted by Crippen LogP contribution is 2.25. The van der Waals surface area contributed by atoms with Crippen LogP contribution in [0.2, 0.25) is 0 Å². The van der Waals surface area contributed by atoms with Crippen LogP contribution in [0.1, 0.15) is 12.5 Å². The normalized spacial score (nSPS) is 14.0. The van der Waals surface area contributed by atoms with Crippen molar-refractivity contribution in [3.63, 3.8) is 0 Å². The third kappa shape index (κ3) is 2.85. The van der Waals surface area contributed by atoms with Crippen molar-refractivity contribution in [3.05, 3.63) is 36.1 Å².